The van der Waals surface area contributed by atoms with Gasteiger partial charge in [0.1, 0.15) is 12.5 Å². The molecule has 0 spiro atoms. The lowest BCUT2D eigenvalue weighted by atomic mass is 10.0. The lowest BCUT2D eigenvalue weighted by Crippen LogP contribution is -2.11. The van der Waals surface area contributed by atoms with Gasteiger partial charge in [0.25, 0.3) is 0 Å². The molecule has 0 bridgehead atoms. The number of ether oxygens (including phenoxy) is 2. The van der Waals surface area contributed by atoms with Crippen LogP contribution in [0.15, 0.2) is 85.6 Å². The van der Waals surface area contributed by atoms with Gasteiger partial charge in [-0.25, -0.2) is 0 Å². The van der Waals surface area contributed by atoms with E-state index in [-0.39, 0.29) is 5.78 Å². The Morgan fingerprint density at radius 2 is 1.84 bits per heavy atom. The average molecular weight is 331 g/mol. The number of carbonyl (C=O) groups excluding carboxylic acids is 1. The van der Waals surface area contributed by atoms with E-state index in [1.807, 2.05) is 35.5 Å². The van der Waals surface area contributed by atoms with Gasteiger partial charge in [-0.2, -0.15) is 0 Å². The molecule has 0 radical (unpaired) electrons. The molecule has 0 N–H and O–H groups in total. The van der Waals surface area contributed by atoms with Crippen molar-refractivity contribution in [2.24, 2.45) is 0 Å². The summed E-state index contributed by atoms with van der Waals surface area (Å²) in [5.74, 6) is 1.43. The largest absolute Gasteiger partial charge is 0.458 e. The van der Waals surface area contributed by atoms with E-state index in [0.717, 1.165) is 6.54 Å². The van der Waals surface area contributed by atoms with Gasteiger partial charge in [0.15, 0.2) is 17.3 Å². The summed E-state index contributed by atoms with van der Waals surface area (Å²) in [6, 6.07) is 15.5. The van der Waals surface area contributed by atoms with Crippen LogP contribution in [0.1, 0.15) is 21.8 Å². The fourth-order valence-electron chi connectivity index (χ4n) is 2.90. The molecule has 1 atom stereocenters. The van der Waals surface area contributed by atoms with E-state index in [2.05, 4.69) is 18.2 Å². The molecule has 1 unspecified atom stereocenters. The maximum absolute atomic E-state index is 12.4. The van der Waals surface area contributed by atoms with Crippen LogP contribution in [0.2, 0.25) is 0 Å². The number of hydrogen-bond donors (Lipinski definition) is 0. The van der Waals surface area contributed by atoms with E-state index < -0.39 is 0 Å². The molecule has 0 aliphatic carbocycles. The summed E-state index contributed by atoms with van der Waals surface area (Å²) in [5.41, 5.74) is 1.84. The smallest absolute Gasteiger partial charge is 0.187 e. The van der Waals surface area contributed by atoms with Crippen LogP contribution in [0.25, 0.3) is 0 Å². The number of ketones is 1. The maximum atomic E-state index is 12.4. The molecule has 2 aromatic rings. The first kappa shape index (κ1) is 15.3. The molecule has 4 heteroatoms. The molecule has 2 aliphatic rings. The van der Waals surface area contributed by atoms with Gasteiger partial charge in [-0.05, 0) is 23.8 Å². The zero-order chi connectivity index (χ0) is 17.1. The summed E-state index contributed by atoms with van der Waals surface area (Å²) in [4.78, 5) is 14.4. The van der Waals surface area contributed by atoms with Crippen LogP contribution < -0.4 is 9.47 Å². The van der Waals surface area contributed by atoms with Crippen molar-refractivity contribution >= 4 is 5.78 Å². The fourth-order valence-corrected chi connectivity index (χ4v) is 2.90. The molecule has 2 aliphatic heterocycles. The zero-order valence-electron chi connectivity index (χ0n) is 13.5. The van der Waals surface area contributed by atoms with Crippen LogP contribution in [0.3, 0.4) is 0 Å². The van der Waals surface area contributed by atoms with Gasteiger partial charge in [0.05, 0.1) is 0 Å². The van der Waals surface area contributed by atoms with E-state index in [4.69, 9.17) is 9.47 Å². The third kappa shape index (κ3) is 3.33. The summed E-state index contributed by atoms with van der Waals surface area (Å²) < 4.78 is 10.7. The maximum Gasteiger partial charge on any atom is 0.187 e. The first-order valence-corrected chi connectivity index (χ1v) is 8.13. The van der Waals surface area contributed by atoms with Crippen molar-refractivity contribution in [3.8, 4) is 11.5 Å². The molecule has 0 saturated carbocycles. The molecule has 4 rings (SSSR count). The summed E-state index contributed by atoms with van der Waals surface area (Å²) in [6.45, 7) is 0.833. The first-order chi connectivity index (χ1) is 12.3. The van der Waals surface area contributed by atoms with Crippen LogP contribution in [0, 0.1) is 0 Å². The molecule has 124 valence electrons. The molecule has 0 fully saturated rings. The lowest BCUT2D eigenvalue weighted by Gasteiger charge is -2.14. The van der Waals surface area contributed by atoms with Gasteiger partial charge in [0, 0.05) is 36.5 Å². The summed E-state index contributed by atoms with van der Waals surface area (Å²) in [5, 5.41) is 0. The summed E-state index contributed by atoms with van der Waals surface area (Å²) >= 11 is 0. The van der Waals surface area contributed by atoms with Crippen molar-refractivity contribution in [1.29, 1.82) is 0 Å². The minimum atomic E-state index is -0.0717. The van der Waals surface area contributed by atoms with Crippen LogP contribution >= 0.6 is 0 Å². The quantitative estimate of drug-likeness (QED) is 0.620. The molecular weight excluding hydrogens is 314 g/mol. The fraction of sp³-hybridized carbons (Fsp3) is 0.0952. The lowest BCUT2D eigenvalue weighted by molar-refractivity contribution is 0.104. The highest BCUT2D eigenvalue weighted by atomic mass is 16.5. The number of rotatable bonds is 4. The first-order valence-electron chi connectivity index (χ1n) is 8.13. The molecule has 4 nitrogen and oxygen atoms in total. The normalized spacial score (nSPS) is 18.1. The number of nitrogens with zero attached hydrogens (tertiary/aromatic N) is 1. The Labute approximate surface area is 146 Å². The van der Waals surface area contributed by atoms with E-state index in [1.165, 1.54) is 18.1 Å². The number of benzene rings is 2. The molecule has 2 heterocycles. The van der Waals surface area contributed by atoms with Crippen LogP contribution in [0.5, 0.6) is 11.5 Å². The van der Waals surface area contributed by atoms with E-state index in [9.17, 15) is 4.79 Å². The second-order valence-corrected chi connectivity index (χ2v) is 5.90. The predicted octanol–water partition coefficient (Wildman–Crippen LogP) is 4.24. The Balaban J connectivity index is 1.41. The molecule has 0 amide bonds. The highest BCUT2D eigenvalue weighted by Gasteiger charge is 2.16. The van der Waals surface area contributed by atoms with Crippen molar-refractivity contribution in [2.75, 3.05) is 6.54 Å². The third-order valence-corrected chi connectivity index (χ3v) is 4.24. The van der Waals surface area contributed by atoms with E-state index >= 15 is 0 Å². The number of allylic oxidation sites excluding steroid dienone is 1. The van der Waals surface area contributed by atoms with Crippen molar-refractivity contribution in [1.82, 2.24) is 4.90 Å². The molecule has 25 heavy (non-hydrogen) atoms. The monoisotopic (exact) mass is 331 g/mol. The molecular formula is C21H17NO3. The topological polar surface area (TPSA) is 38.8 Å². The highest BCUT2D eigenvalue weighted by Crippen LogP contribution is 2.31. The third-order valence-electron chi connectivity index (χ3n) is 4.24. The summed E-state index contributed by atoms with van der Waals surface area (Å²) in [6.07, 6.45) is 10.5. The van der Waals surface area contributed by atoms with Crippen LogP contribution in [-0.2, 0) is 0 Å². The minimum absolute atomic E-state index is 0.0717. The summed E-state index contributed by atoms with van der Waals surface area (Å²) in [7, 11) is 0. The second-order valence-electron chi connectivity index (χ2n) is 5.90. The number of fused-ring (bicyclic) bond motifs is 1. The number of carbonyl (C=O) groups is 1. The van der Waals surface area contributed by atoms with Gasteiger partial charge < -0.3 is 14.4 Å². The van der Waals surface area contributed by atoms with Crippen molar-refractivity contribution in [3.63, 3.8) is 0 Å². The van der Waals surface area contributed by atoms with Gasteiger partial charge in [-0.3, -0.25) is 4.79 Å². The number of hydrogen-bond acceptors (Lipinski definition) is 4. The molecule has 0 saturated heterocycles. The van der Waals surface area contributed by atoms with E-state index in [1.54, 1.807) is 24.3 Å². The Bertz CT molecular complexity index is 868. The Hall–Kier alpha value is -3.27. The van der Waals surface area contributed by atoms with Crippen LogP contribution in [0.4, 0.5) is 0 Å². The van der Waals surface area contributed by atoms with Gasteiger partial charge in [0.2, 0.25) is 0 Å². The zero-order valence-corrected chi connectivity index (χ0v) is 13.5. The second kappa shape index (κ2) is 6.69. The SMILES string of the molecule is O=C(/C=C/N1C=CC(c2ccccc2)C1)c1ccc2c(c1)OC=CO2. The predicted molar refractivity (Wildman–Crippen MR) is 95.3 cm³/mol. The van der Waals surface area contributed by atoms with Crippen molar-refractivity contribution in [3.05, 3.63) is 96.7 Å². The van der Waals surface area contributed by atoms with Crippen molar-refractivity contribution < 1.29 is 14.3 Å². The molecule has 2 aromatic carbocycles. The Morgan fingerprint density at radius 1 is 1.04 bits per heavy atom. The average Bonchev–Trinajstić information content (AvgIpc) is 3.15. The van der Waals surface area contributed by atoms with Crippen LogP contribution in [-0.4, -0.2) is 17.2 Å². The van der Waals surface area contributed by atoms with Gasteiger partial charge in [-0.1, -0.05) is 36.4 Å². The Kier molecular flexibility index (Phi) is 4.09. The van der Waals surface area contributed by atoms with Gasteiger partial charge in [-0.15, -0.1) is 0 Å². The standard InChI is InChI=1S/C21H17NO3/c23-19(17-6-7-20-21(14-17)25-13-12-24-20)9-11-22-10-8-18(15-22)16-4-2-1-3-5-16/h1-14,18H,15H2/b11-9+. The van der Waals surface area contributed by atoms with Crippen molar-refractivity contribution in [2.45, 2.75) is 5.92 Å². The highest BCUT2D eigenvalue weighted by molar-refractivity contribution is 6.04. The molecule has 0 aromatic heterocycles. The van der Waals surface area contributed by atoms with Gasteiger partial charge >= 0.3 is 0 Å². The van der Waals surface area contributed by atoms with E-state index in [0.29, 0.717) is 23.0 Å². The minimum Gasteiger partial charge on any atom is -0.458 e. The Morgan fingerprint density at radius 3 is 2.68 bits per heavy atom.